The number of benzene rings is 4. The van der Waals surface area contributed by atoms with Gasteiger partial charge in [-0.15, -0.1) is 4.28 Å². The Morgan fingerprint density at radius 1 is 0.812 bits per heavy atom. The van der Waals surface area contributed by atoms with Gasteiger partial charge in [0.05, 0.1) is 5.39 Å². The van der Waals surface area contributed by atoms with Crippen LogP contribution in [0.15, 0.2) is 102 Å². The molecule has 1 heterocycles. The number of hydrogen-bond donors (Lipinski definition) is 1. The molecular formula is C26H20NO4S+. The second kappa shape index (κ2) is 7.66. The molecule has 32 heavy (non-hydrogen) atoms. The molecule has 0 saturated carbocycles. The van der Waals surface area contributed by atoms with Gasteiger partial charge < -0.3 is 5.11 Å². The molecule has 0 unspecified atom stereocenters. The summed E-state index contributed by atoms with van der Waals surface area (Å²) in [5.41, 5.74) is 2.97. The summed E-state index contributed by atoms with van der Waals surface area (Å²) in [4.78, 5) is 0.0335. The van der Waals surface area contributed by atoms with Gasteiger partial charge in [0, 0.05) is 22.2 Å². The summed E-state index contributed by atoms with van der Waals surface area (Å²) in [6, 6.07) is 27.0. The summed E-state index contributed by atoms with van der Waals surface area (Å²) in [6.07, 6.45) is 1.57. The summed E-state index contributed by atoms with van der Waals surface area (Å²) >= 11 is 0. The monoisotopic (exact) mass is 442 g/mol. The Labute approximate surface area is 185 Å². The molecule has 0 aliphatic heterocycles. The van der Waals surface area contributed by atoms with Gasteiger partial charge in [-0.3, -0.25) is 0 Å². The fourth-order valence-corrected chi connectivity index (χ4v) is 4.79. The molecule has 0 spiro atoms. The smallest absolute Gasteiger partial charge is 0.396 e. The van der Waals surface area contributed by atoms with Gasteiger partial charge in [-0.05, 0) is 65.4 Å². The molecule has 0 aliphatic carbocycles. The van der Waals surface area contributed by atoms with Crippen molar-refractivity contribution < 1.29 is 22.5 Å². The Morgan fingerprint density at radius 2 is 1.53 bits per heavy atom. The number of hydrogen-bond acceptors (Lipinski definition) is 4. The van der Waals surface area contributed by atoms with Crippen molar-refractivity contribution in [2.24, 2.45) is 0 Å². The summed E-state index contributed by atoms with van der Waals surface area (Å²) < 4.78 is 33.0. The van der Waals surface area contributed by atoms with Crippen LogP contribution in [0.3, 0.4) is 0 Å². The topological polar surface area (TPSA) is 67.5 Å². The number of rotatable bonds is 4. The molecule has 5 rings (SSSR count). The molecule has 0 bridgehead atoms. The normalized spacial score (nSPS) is 11.7. The zero-order valence-corrected chi connectivity index (χ0v) is 18.1. The quantitative estimate of drug-likeness (QED) is 0.407. The number of aryl methyl sites for hydroxylation is 1. The number of para-hydroxylation sites is 1. The van der Waals surface area contributed by atoms with Gasteiger partial charge in [-0.2, -0.15) is 8.42 Å². The van der Waals surface area contributed by atoms with Crippen molar-refractivity contribution in [3.8, 4) is 16.9 Å². The molecule has 0 fully saturated rings. The highest BCUT2D eigenvalue weighted by Gasteiger charge is 2.25. The SMILES string of the molecule is Cc1ccc(S(=O)(=O)O[n+]2cccc3ccccc32)cc1-c1cc(O)c2ccccc2c1. The van der Waals surface area contributed by atoms with E-state index in [0.717, 1.165) is 27.3 Å². The molecule has 1 aromatic heterocycles. The van der Waals surface area contributed by atoms with Gasteiger partial charge in [0.2, 0.25) is 6.20 Å². The Kier molecular flexibility index (Phi) is 4.79. The van der Waals surface area contributed by atoms with E-state index < -0.39 is 10.1 Å². The lowest BCUT2D eigenvalue weighted by Crippen LogP contribution is -2.45. The number of pyridine rings is 1. The molecule has 0 saturated heterocycles. The van der Waals surface area contributed by atoms with Crippen LogP contribution in [-0.4, -0.2) is 13.5 Å². The highest BCUT2D eigenvalue weighted by Crippen LogP contribution is 2.34. The number of aromatic nitrogens is 1. The van der Waals surface area contributed by atoms with Crippen molar-refractivity contribution in [1.29, 1.82) is 0 Å². The van der Waals surface area contributed by atoms with Crippen LogP contribution in [0.1, 0.15) is 5.56 Å². The third-order valence-corrected chi connectivity index (χ3v) is 6.69. The van der Waals surface area contributed by atoms with Gasteiger partial charge in [0.1, 0.15) is 10.6 Å². The first-order chi connectivity index (χ1) is 15.4. The van der Waals surface area contributed by atoms with Gasteiger partial charge in [0.25, 0.3) is 5.52 Å². The number of nitrogens with zero attached hydrogens (tertiary/aromatic N) is 1. The van der Waals surface area contributed by atoms with E-state index in [0.29, 0.717) is 11.1 Å². The highest BCUT2D eigenvalue weighted by atomic mass is 32.2. The highest BCUT2D eigenvalue weighted by molar-refractivity contribution is 7.86. The molecule has 5 aromatic rings. The molecule has 0 amide bonds. The maximum Gasteiger partial charge on any atom is 0.396 e. The van der Waals surface area contributed by atoms with Gasteiger partial charge in [0.15, 0.2) is 0 Å². The molecule has 0 aliphatic rings. The molecule has 0 radical (unpaired) electrons. The predicted molar refractivity (Wildman–Crippen MR) is 124 cm³/mol. The first-order valence-corrected chi connectivity index (χ1v) is 11.5. The summed E-state index contributed by atoms with van der Waals surface area (Å²) in [5.74, 6) is 0.147. The molecule has 4 aromatic carbocycles. The van der Waals surface area contributed by atoms with Crippen molar-refractivity contribution in [2.75, 3.05) is 0 Å². The number of aromatic hydroxyl groups is 1. The van der Waals surface area contributed by atoms with E-state index in [1.54, 1.807) is 36.5 Å². The van der Waals surface area contributed by atoms with Crippen LogP contribution in [0.4, 0.5) is 0 Å². The van der Waals surface area contributed by atoms with Crippen LogP contribution in [-0.2, 0) is 10.1 Å². The van der Waals surface area contributed by atoms with Crippen molar-refractivity contribution in [2.45, 2.75) is 11.8 Å². The molecule has 5 nitrogen and oxygen atoms in total. The second-order valence-corrected chi connectivity index (χ2v) is 9.14. The van der Waals surface area contributed by atoms with Crippen LogP contribution in [0.5, 0.6) is 5.75 Å². The van der Waals surface area contributed by atoms with E-state index in [1.165, 1.54) is 10.8 Å². The maximum atomic E-state index is 13.1. The predicted octanol–water partition coefficient (Wildman–Crippen LogP) is 4.78. The molecule has 1 N–H and O–H groups in total. The van der Waals surface area contributed by atoms with Crippen molar-refractivity contribution in [1.82, 2.24) is 0 Å². The fraction of sp³-hybridized carbons (Fsp3) is 0.0385. The number of phenols is 1. The van der Waals surface area contributed by atoms with Gasteiger partial charge in [-0.1, -0.05) is 42.5 Å². The average molecular weight is 443 g/mol. The summed E-state index contributed by atoms with van der Waals surface area (Å²) in [5, 5.41) is 13.0. The first kappa shape index (κ1) is 20.0. The number of fused-ring (bicyclic) bond motifs is 2. The Morgan fingerprint density at radius 3 is 2.38 bits per heavy atom. The van der Waals surface area contributed by atoms with E-state index in [-0.39, 0.29) is 10.6 Å². The lowest BCUT2D eigenvalue weighted by atomic mass is 9.97. The minimum atomic E-state index is -4.10. The zero-order chi connectivity index (χ0) is 22.3. The van der Waals surface area contributed by atoms with E-state index in [1.807, 2.05) is 61.5 Å². The third kappa shape index (κ3) is 3.55. The standard InChI is InChI=1S/C26H19NO4S/c1-18-12-13-22(17-24(18)21-15-20-8-2-4-10-23(20)26(28)16-21)32(29,30)31-27-14-6-9-19-7-3-5-11-25(19)27/h2-17H,1H3/p+1. The Balaban J connectivity index is 1.59. The van der Waals surface area contributed by atoms with E-state index in [2.05, 4.69) is 0 Å². The zero-order valence-electron chi connectivity index (χ0n) is 17.3. The van der Waals surface area contributed by atoms with E-state index in [9.17, 15) is 13.5 Å². The Hall–Kier alpha value is -3.90. The summed E-state index contributed by atoms with van der Waals surface area (Å²) in [6.45, 7) is 1.90. The fourth-order valence-electron chi connectivity index (χ4n) is 3.86. The largest absolute Gasteiger partial charge is 0.507 e. The van der Waals surface area contributed by atoms with Gasteiger partial charge in [-0.25, -0.2) is 0 Å². The molecule has 0 atom stereocenters. The van der Waals surface area contributed by atoms with Gasteiger partial charge >= 0.3 is 10.1 Å². The minimum absolute atomic E-state index is 0.0335. The molecule has 158 valence electrons. The first-order valence-electron chi connectivity index (χ1n) is 10.1. The van der Waals surface area contributed by atoms with Crippen molar-refractivity contribution in [3.05, 3.63) is 103 Å². The van der Waals surface area contributed by atoms with E-state index >= 15 is 0 Å². The van der Waals surface area contributed by atoms with Crippen molar-refractivity contribution >= 4 is 31.8 Å². The molecular weight excluding hydrogens is 422 g/mol. The van der Waals surface area contributed by atoms with Crippen LogP contribution >= 0.6 is 0 Å². The van der Waals surface area contributed by atoms with Crippen LogP contribution < -0.4 is 9.01 Å². The second-order valence-electron chi connectivity index (χ2n) is 7.61. The number of phenolic OH excluding ortho intramolecular Hbond substituents is 1. The van der Waals surface area contributed by atoms with Crippen LogP contribution in [0, 0.1) is 6.92 Å². The summed E-state index contributed by atoms with van der Waals surface area (Å²) in [7, 11) is -4.10. The van der Waals surface area contributed by atoms with E-state index in [4.69, 9.17) is 4.28 Å². The maximum absolute atomic E-state index is 13.1. The minimum Gasteiger partial charge on any atom is -0.507 e. The van der Waals surface area contributed by atoms with Crippen LogP contribution in [0.25, 0.3) is 32.8 Å². The lowest BCUT2D eigenvalue weighted by Gasteiger charge is -2.11. The average Bonchev–Trinajstić information content (AvgIpc) is 2.79. The third-order valence-electron chi connectivity index (χ3n) is 5.50. The Bertz CT molecular complexity index is 1590. The molecule has 6 heteroatoms. The van der Waals surface area contributed by atoms with Crippen LogP contribution in [0.2, 0.25) is 0 Å². The lowest BCUT2D eigenvalue weighted by molar-refractivity contribution is -0.835. The van der Waals surface area contributed by atoms with Crippen molar-refractivity contribution in [3.63, 3.8) is 0 Å².